The van der Waals surface area contributed by atoms with Crippen LogP contribution in [-0.4, -0.2) is 23.3 Å². The predicted octanol–water partition coefficient (Wildman–Crippen LogP) is 3.08. The summed E-state index contributed by atoms with van der Waals surface area (Å²) in [5.74, 6) is -0.466. The summed E-state index contributed by atoms with van der Waals surface area (Å²) in [5, 5.41) is 6.66. The molecule has 0 atom stereocenters. The number of nitrogens with one attached hydrogen (secondary N) is 3. The van der Waals surface area contributed by atoms with Gasteiger partial charge in [-0.2, -0.15) is 0 Å². The summed E-state index contributed by atoms with van der Waals surface area (Å²) in [7, 11) is 0. The molecule has 134 valence electrons. The molecule has 0 unspecified atom stereocenters. The van der Waals surface area contributed by atoms with Crippen LogP contribution in [0, 0.1) is 6.92 Å². The normalized spacial score (nSPS) is 10.7. The Morgan fingerprint density at radius 1 is 1.04 bits per heavy atom. The second-order valence-corrected chi connectivity index (χ2v) is 6.29. The molecule has 3 aromatic rings. The first kappa shape index (κ1) is 17.7. The molecule has 0 saturated carbocycles. The summed E-state index contributed by atoms with van der Waals surface area (Å²) in [5.41, 5.74) is 5.19. The lowest BCUT2D eigenvalue weighted by Gasteiger charge is -2.07. The molecule has 1 heterocycles. The predicted molar refractivity (Wildman–Crippen MR) is 103 cm³/mol. The van der Waals surface area contributed by atoms with Crippen molar-refractivity contribution in [2.45, 2.75) is 26.8 Å². The fourth-order valence-corrected chi connectivity index (χ4v) is 3.01. The van der Waals surface area contributed by atoms with Crippen molar-refractivity contribution >= 4 is 22.7 Å². The fourth-order valence-electron chi connectivity index (χ4n) is 3.01. The van der Waals surface area contributed by atoms with Gasteiger partial charge in [0.25, 0.3) is 5.91 Å². The van der Waals surface area contributed by atoms with Gasteiger partial charge in [-0.15, -0.1) is 0 Å². The molecule has 1 aromatic heterocycles. The van der Waals surface area contributed by atoms with Crippen LogP contribution in [0.4, 0.5) is 0 Å². The van der Waals surface area contributed by atoms with Crippen molar-refractivity contribution in [1.29, 1.82) is 0 Å². The van der Waals surface area contributed by atoms with E-state index in [0.717, 1.165) is 17.5 Å². The molecule has 0 bridgehead atoms. The van der Waals surface area contributed by atoms with Crippen LogP contribution in [0.2, 0.25) is 0 Å². The van der Waals surface area contributed by atoms with E-state index in [-0.39, 0.29) is 18.4 Å². The molecule has 5 heteroatoms. The van der Waals surface area contributed by atoms with E-state index in [4.69, 9.17) is 0 Å². The van der Waals surface area contributed by atoms with Crippen molar-refractivity contribution < 1.29 is 9.59 Å². The highest BCUT2D eigenvalue weighted by Crippen LogP contribution is 2.23. The molecular formula is C21H23N3O2. The molecule has 0 spiro atoms. The first-order valence-electron chi connectivity index (χ1n) is 8.78. The van der Waals surface area contributed by atoms with Gasteiger partial charge >= 0.3 is 0 Å². The van der Waals surface area contributed by atoms with Gasteiger partial charge in [0.2, 0.25) is 5.91 Å². The van der Waals surface area contributed by atoms with Gasteiger partial charge in [0.15, 0.2) is 0 Å². The van der Waals surface area contributed by atoms with Crippen LogP contribution in [0.5, 0.6) is 0 Å². The number of hydrogen-bond donors (Lipinski definition) is 3. The summed E-state index contributed by atoms with van der Waals surface area (Å²) in [6, 6.07) is 15.0. The van der Waals surface area contributed by atoms with Crippen molar-refractivity contribution in [3.05, 3.63) is 70.9 Å². The van der Waals surface area contributed by atoms with E-state index in [1.54, 1.807) is 24.3 Å². The SMILES string of the molecule is CCc1[nH]c2ccc(CNC(=O)CNC(=O)c3ccccc3)cc2c1C. The second-order valence-electron chi connectivity index (χ2n) is 6.29. The van der Waals surface area contributed by atoms with Gasteiger partial charge in [0, 0.05) is 28.7 Å². The molecule has 2 amide bonds. The van der Waals surface area contributed by atoms with E-state index in [1.807, 2.05) is 18.2 Å². The van der Waals surface area contributed by atoms with E-state index in [2.05, 4.69) is 35.5 Å². The minimum Gasteiger partial charge on any atom is -0.358 e. The first-order chi connectivity index (χ1) is 12.6. The number of H-pyrrole nitrogens is 1. The van der Waals surface area contributed by atoms with Crippen molar-refractivity contribution in [1.82, 2.24) is 15.6 Å². The Bertz CT molecular complexity index is 929. The lowest BCUT2D eigenvalue weighted by atomic mass is 10.1. The molecule has 0 aliphatic carbocycles. The van der Waals surface area contributed by atoms with Gasteiger partial charge in [0.05, 0.1) is 6.54 Å². The van der Waals surface area contributed by atoms with Crippen molar-refractivity contribution in [2.24, 2.45) is 0 Å². The van der Waals surface area contributed by atoms with Crippen LogP contribution in [0.25, 0.3) is 10.9 Å². The lowest BCUT2D eigenvalue weighted by Crippen LogP contribution is -2.36. The number of aromatic amines is 1. The van der Waals surface area contributed by atoms with Crippen LogP contribution in [0.1, 0.15) is 34.1 Å². The third-order valence-corrected chi connectivity index (χ3v) is 4.51. The summed E-state index contributed by atoms with van der Waals surface area (Å²) < 4.78 is 0. The fraction of sp³-hybridized carbons (Fsp3) is 0.238. The molecule has 0 radical (unpaired) electrons. The standard InChI is InChI=1S/C21H23N3O2/c1-3-18-14(2)17-11-15(9-10-19(17)24-18)12-22-20(25)13-23-21(26)16-7-5-4-6-8-16/h4-11,24H,3,12-13H2,1-2H3,(H,22,25)(H,23,26). The largest absolute Gasteiger partial charge is 0.358 e. The minimum atomic E-state index is -0.253. The Morgan fingerprint density at radius 2 is 1.81 bits per heavy atom. The van der Waals surface area contributed by atoms with Crippen LogP contribution < -0.4 is 10.6 Å². The van der Waals surface area contributed by atoms with Gasteiger partial charge in [-0.25, -0.2) is 0 Å². The topological polar surface area (TPSA) is 74.0 Å². The average molecular weight is 349 g/mol. The Morgan fingerprint density at radius 3 is 2.54 bits per heavy atom. The molecule has 0 fully saturated rings. The highest BCUT2D eigenvalue weighted by atomic mass is 16.2. The lowest BCUT2D eigenvalue weighted by molar-refractivity contribution is -0.120. The number of aryl methyl sites for hydroxylation is 2. The number of rotatable bonds is 6. The third kappa shape index (κ3) is 3.94. The van der Waals surface area contributed by atoms with Crippen LogP contribution >= 0.6 is 0 Å². The van der Waals surface area contributed by atoms with Crippen LogP contribution in [0.15, 0.2) is 48.5 Å². The van der Waals surface area contributed by atoms with Crippen molar-refractivity contribution in [3.63, 3.8) is 0 Å². The summed E-state index contributed by atoms with van der Waals surface area (Å²) in [6.07, 6.45) is 0.966. The molecule has 0 saturated heterocycles. The molecule has 0 aliphatic rings. The number of benzene rings is 2. The van der Waals surface area contributed by atoms with Crippen molar-refractivity contribution in [2.75, 3.05) is 6.54 Å². The van der Waals surface area contributed by atoms with E-state index < -0.39 is 0 Å². The second kappa shape index (κ2) is 7.87. The third-order valence-electron chi connectivity index (χ3n) is 4.51. The van der Waals surface area contributed by atoms with Crippen LogP contribution in [0.3, 0.4) is 0 Å². The quantitative estimate of drug-likeness (QED) is 0.640. The maximum Gasteiger partial charge on any atom is 0.251 e. The summed E-state index contributed by atoms with van der Waals surface area (Å²) >= 11 is 0. The number of fused-ring (bicyclic) bond motifs is 1. The maximum atomic E-state index is 12.0. The van der Waals surface area contributed by atoms with Gasteiger partial charge in [-0.3, -0.25) is 9.59 Å². The van der Waals surface area contributed by atoms with Gasteiger partial charge in [-0.05, 0) is 48.7 Å². The Hall–Kier alpha value is -3.08. The summed E-state index contributed by atoms with van der Waals surface area (Å²) in [4.78, 5) is 27.4. The average Bonchev–Trinajstić information content (AvgIpc) is 3.00. The highest BCUT2D eigenvalue weighted by molar-refractivity contribution is 5.96. The zero-order valence-electron chi connectivity index (χ0n) is 15.1. The molecular weight excluding hydrogens is 326 g/mol. The zero-order chi connectivity index (χ0) is 18.5. The molecule has 26 heavy (non-hydrogen) atoms. The minimum absolute atomic E-state index is 0.0425. The highest BCUT2D eigenvalue weighted by Gasteiger charge is 2.09. The van der Waals surface area contributed by atoms with Gasteiger partial charge in [0.1, 0.15) is 0 Å². The van der Waals surface area contributed by atoms with E-state index in [9.17, 15) is 9.59 Å². The monoisotopic (exact) mass is 349 g/mol. The Labute approximate surface area is 152 Å². The van der Waals surface area contributed by atoms with Gasteiger partial charge < -0.3 is 15.6 Å². The van der Waals surface area contributed by atoms with E-state index in [1.165, 1.54) is 16.6 Å². The zero-order valence-corrected chi connectivity index (χ0v) is 15.1. The van der Waals surface area contributed by atoms with Gasteiger partial charge in [-0.1, -0.05) is 31.2 Å². The van der Waals surface area contributed by atoms with Crippen molar-refractivity contribution in [3.8, 4) is 0 Å². The smallest absolute Gasteiger partial charge is 0.251 e. The molecule has 3 rings (SSSR count). The number of amides is 2. The molecule has 5 nitrogen and oxygen atoms in total. The Balaban J connectivity index is 1.55. The number of aromatic nitrogens is 1. The van der Waals surface area contributed by atoms with Crippen LogP contribution in [-0.2, 0) is 17.8 Å². The Kier molecular flexibility index (Phi) is 5.37. The first-order valence-corrected chi connectivity index (χ1v) is 8.78. The number of hydrogen-bond acceptors (Lipinski definition) is 2. The van der Waals surface area contributed by atoms with E-state index in [0.29, 0.717) is 12.1 Å². The maximum absolute atomic E-state index is 12.0. The molecule has 3 N–H and O–H groups in total. The number of carbonyl (C=O) groups excluding carboxylic acids is 2. The molecule has 0 aliphatic heterocycles. The molecule has 2 aromatic carbocycles. The van der Waals surface area contributed by atoms with E-state index >= 15 is 0 Å². The number of carbonyl (C=O) groups is 2. The summed E-state index contributed by atoms with van der Waals surface area (Å²) in [6.45, 7) is 4.63.